The third-order valence-electron chi connectivity index (χ3n) is 2.59. The third kappa shape index (κ3) is 2.66. The van der Waals surface area contributed by atoms with Crippen molar-refractivity contribution in [2.75, 3.05) is 12.4 Å². The summed E-state index contributed by atoms with van der Waals surface area (Å²) in [6.45, 7) is 2.03. The number of pyridine rings is 1. The van der Waals surface area contributed by atoms with Gasteiger partial charge >= 0.3 is 0 Å². The number of rotatable bonds is 3. The van der Waals surface area contributed by atoms with Crippen molar-refractivity contribution in [2.24, 2.45) is 0 Å². The van der Waals surface area contributed by atoms with Gasteiger partial charge in [-0.05, 0) is 31.2 Å². The molecule has 0 aliphatic heterocycles. The van der Waals surface area contributed by atoms with Crippen LogP contribution >= 0.6 is 0 Å². The molecule has 2 aromatic rings. The van der Waals surface area contributed by atoms with Crippen LogP contribution in [0.1, 0.15) is 15.9 Å². The van der Waals surface area contributed by atoms with Crippen LogP contribution in [-0.2, 0) is 0 Å². The van der Waals surface area contributed by atoms with E-state index < -0.39 is 0 Å². The van der Waals surface area contributed by atoms with Crippen LogP contribution in [0.25, 0.3) is 0 Å². The van der Waals surface area contributed by atoms with Crippen molar-refractivity contribution in [2.45, 2.75) is 6.92 Å². The summed E-state index contributed by atoms with van der Waals surface area (Å²) in [5.74, 6) is 0.401. The van der Waals surface area contributed by atoms with Gasteiger partial charge in [0.1, 0.15) is 5.82 Å². The van der Waals surface area contributed by atoms with E-state index in [4.69, 9.17) is 0 Å². The molecular formula is C14H15N3O. The van der Waals surface area contributed by atoms with E-state index in [0.717, 1.165) is 5.69 Å². The summed E-state index contributed by atoms with van der Waals surface area (Å²) in [6, 6.07) is 11.4. The summed E-state index contributed by atoms with van der Waals surface area (Å²) in [4.78, 5) is 15.9. The first-order chi connectivity index (χ1) is 8.70. The predicted molar refractivity (Wildman–Crippen MR) is 72.1 cm³/mol. The van der Waals surface area contributed by atoms with Crippen molar-refractivity contribution < 1.29 is 4.79 Å². The molecular weight excluding hydrogens is 226 g/mol. The number of hydrogen-bond acceptors (Lipinski definition) is 3. The van der Waals surface area contributed by atoms with Crippen LogP contribution in [0.3, 0.4) is 0 Å². The number of carbonyl (C=O) groups is 1. The number of carbonyl (C=O) groups excluding carboxylic acids is 1. The highest BCUT2D eigenvalue weighted by Crippen LogP contribution is 2.18. The van der Waals surface area contributed by atoms with Gasteiger partial charge in [0, 0.05) is 18.9 Å². The molecule has 0 spiro atoms. The summed E-state index contributed by atoms with van der Waals surface area (Å²) in [5, 5.41) is 5.74. The summed E-state index contributed by atoms with van der Waals surface area (Å²) < 4.78 is 0. The molecule has 4 heteroatoms. The Morgan fingerprint density at radius 2 is 1.89 bits per heavy atom. The standard InChI is InChI=1S/C14H15N3O/c1-10-5-7-11(8-6-10)17-13-12(14(18)15-2)4-3-9-16-13/h3-9H,1-2H3,(H,15,18)(H,16,17). The van der Waals surface area contributed by atoms with E-state index in [0.29, 0.717) is 11.4 Å². The van der Waals surface area contributed by atoms with E-state index in [2.05, 4.69) is 15.6 Å². The van der Waals surface area contributed by atoms with Crippen LogP contribution < -0.4 is 10.6 Å². The second kappa shape index (κ2) is 5.31. The minimum Gasteiger partial charge on any atom is -0.355 e. The topological polar surface area (TPSA) is 54.0 Å². The maximum absolute atomic E-state index is 11.7. The molecule has 2 rings (SSSR count). The van der Waals surface area contributed by atoms with Gasteiger partial charge in [-0.3, -0.25) is 4.79 Å². The number of aryl methyl sites for hydroxylation is 1. The molecule has 92 valence electrons. The molecule has 0 radical (unpaired) electrons. The van der Waals surface area contributed by atoms with Gasteiger partial charge in [-0.25, -0.2) is 4.98 Å². The third-order valence-corrected chi connectivity index (χ3v) is 2.59. The van der Waals surface area contributed by atoms with Crippen LogP contribution in [0.15, 0.2) is 42.6 Å². The van der Waals surface area contributed by atoms with Gasteiger partial charge in [0.15, 0.2) is 0 Å². The zero-order chi connectivity index (χ0) is 13.0. The Balaban J connectivity index is 2.28. The molecule has 0 unspecified atom stereocenters. The molecule has 0 aliphatic carbocycles. The maximum atomic E-state index is 11.7. The molecule has 1 aromatic carbocycles. The second-order valence-corrected chi connectivity index (χ2v) is 3.97. The number of nitrogens with zero attached hydrogens (tertiary/aromatic N) is 1. The fourth-order valence-electron chi connectivity index (χ4n) is 1.60. The van der Waals surface area contributed by atoms with Crippen molar-refractivity contribution in [1.82, 2.24) is 10.3 Å². The van der Waals surface area contributed by atoms with Crippen molar-refractivity contribution in [3.8, 4) is 0 Å². The fraction of sp³-hybridized carbons (Fsp3) is 0.143. The van der Waals surface area contributed by atoms with Crippen molar-refractivity contribution in [1.29, 1.82) is 0 Å². The Labute approximate surface area is 106 Å². The minimum absolute atomic E-state index is 0.155. The highest BCUT2D eigenvalue weighted by molar-refractivity contribution is 5.99. The van der Waals surface area contributed by atoms with Gasteiger partial charge in [0.05, 0.1) is 5.56 Å². The SMILES string of the molecule is CNC(=O)c1cccnc1Nc1ccc(C)cc1. The number of nitrogens with one attached hydrogen (secondary N) is 2. The second-order valence-electron chi connectivity index (χ2n) is 3.97. The number of amides is 1. The Morgan fingerprint density at radius 1 is 1.17 bits per heavy atom. The van der Waals surface area contributed by atoms with E-state index in [1.807, 2.05) is 31.2 Å². The molecule has 0 fully saturated rings. The molecule has 4 nitrogen and oxygen atoms in total. The van der Waals surface area contributed by atoms with Gasteiger partial charge < -0.3 is 10.6 Å². The Morgan fingerprint density at radius 3 is 2.56 bits per heavy atom. The van der Waals surface area contributed by atoms with E-state index in [1.165, 1.54) is 5.56 Å². The van der Waals surface area contributed by atoms with E-state index >= 15 is 0 Å². The molecule has 1 aromatic heterocycles. The minimum atomic E-state index is -0.155. The van der Waals surface area contributed by atoms with E-state index in [-0.39, 0.29) is 5.91 Å². The predicted octanol–water partition coefficient (Wildman–Crippen LogP) is 2.49. The van der Waals surface area contributed by atoms with Crippen molar-refractivity contribution in [3.63, 3.8) is 0 Å². The van der Waals surface area contributed by atoms with Crippen LogP contribution in [0.5, 0.6) is 0 Å². The molecule has 0 saturated carbocycles. The molecule has 0 bridgehead atoms. The molecule has 1 amide bonds. The van der Waals surface area contributed by atoms with Gasteiger partial charge in [0.25, 0.3) is 5.91 Å². The lowest BCUT2D eigenvalue weighted by Gasteiger charge is -2.09. The molecule has 0 aliphatic rings. The average molecular weight is 241 g/mol. The van der Waals surface area contributed by atoms with Gasteiger partial charge in [-0.15, -0.1) is 0 Å². The lowest BCUT2D eigenvalue weighted by molar-refractivity contribution is 0.0963. The van der Waals surface area contributed by atoms with Gasteiger partial charge in [-0.1, -0.05) is 17.7 Å². The summed E-state index contributed by atoms with van der Waals surface area (Å²) >= 11 is 0. The maximum Gasteiger partial charge on any atom is 0.254 e. The smallest absolute Gasteiger partial charge is 0.254 e. The monoisotopic (exact) mass is 241 g/mol. The largest absolute Gasteiger partial charge is 0.355 e. The normalized spacial score (nSPS) is 9.89. The lowest BCUT2D eigenvalue weighted by Crippen LogP contribution is -2.19. The molecule has 0 saturated heterocycles. The van der Waals surface area contributed by atoms with Crippen LogP contribution in [0.2, 0.25) is 0 Å². The highest BCUT2D eigenvalue weighted by atomic mass is 16.1. The summed E-state index contributed by atoms with van der Waals surface area (Å²) in [7, 11) is 1.60. The summed E-state index contributed by atoms with van der Waals surface area (Å²) in [6.07, 6.45) is 1.66. The Kier molecular flexibility index (Phi) is 3.57. The molecule has 2 N–H and O–H groups in total. The van der Waals surface area contributed by atoms with E-state index in [1.54, 1.807) is 25.4 Å². The first-order valence-corrected chi connectivity index (χ1v) is 5.71. The first-order valence-electron chi connectivity index (χ1n) is 5.71. The van der Waals surface area contributed by atoms with Crippen molar-refractivity contribution in [3.05, 3.63) is 53.7 Å². The zero-order valence-corrected chi connectivity index (χ0v) is 10.4. The Bertz CT molecular complexity index is 549. The molecule has 1 heterocycles. The average Bonchev–Trinajstić information content (AvgIpc) is 2.41. The van der Waals surface area contributed by atoms with Crippen LogP contribution in [0.4, 0.5) is 11.5 Å². The number of hydrogen-bond donors (Lipinski definition) is 2. The quantitative estimate of drug-likeness (QED) is 0.868. The fourth-order valence-corrected chi connectivity index (χ4v) is 1.60. The number of aromatic nitrogens is 1. The van der Waals surface area contributed by atoms with E-state index in [9.17, 15) is 4.79 Å². The van der Waals surface area contributed by atoms with Crippen LogP contribution in [-0.4, -0.2) is 17.9 Å². The van der Waals surface area contributed by atoms with Gasteiger partial charge in [0.2, 0.25) is 0 Å². The Hall–Kier alpha value is -2.36. The number of benzene rings is 1. The van der Waals surface area contributed by atoms with Gasteiger partial charge in [-0.2, -0.15) is 0 Å². The highest BCUT2D eigenvalue weighted by Gasteiger charge is 2.10. The molecule has 0 atom stereocenters. The lowest BCUT2D eigenvalue weighted by atomic mass is 10.2. The first kappa shape index (κ1) is 12.1. The van der Waals surface area contributed by atoms with Crippen molar-refractivity contribution >= 4 is 17.4 Å². The molecule has 18 heavy (non-hydrogen) atoms. The van der Waals surface area contributed by atoms with Crippen LogP contribution in [0, 0.1) is 6.92 Å². The summed E-state index contributed by atoms with van der Waals surface area (Å²) in [5.41, 5.74) is 2.62. The number of anilines is 2. The zero-order valence-electron chi connectivity index (χ0n) is 10.4.